The third kappa shape index (κ3) is 9.78. The lowest BCUT2D eigenvalue weighted by Gasteiger charge is -2.02. The Kier molecular flexibility index (Phi) is 11.0. The average molecular weight is 325 g/mol. The van der Waals surface area contributed by atoms with Gasteiger partial charge in [-0.1, -0.05) is 58.3 Å². The maximum absolute atomic E-state index is 12.1. The van der Waals surface area contributed by atoms with Crippen molar-refractivity contribution in [2.75, 3.05) is 7.11 Å². The molecule has 0 aromatic rings. The third-order valence-electron chi connectivity index (χ3n) is 5.05. The zero-order valence-electron chi connectivity index (χ0n) is 15.3. The number of ether oxygens (including phenoxy) is 1. The molecule has 1 fully saturated rings. The molecule has 134 valence electrons. The third-order valence-corrected chi connectivity index (χ3v) is 5.05. The minimum atomic E-state index is -0.128. The van der Waals surface area contributed by atoms with Crippen LogP contribution in [0.15, 0.2) is 0 Å². The minimum absolute atomic E-state index is 0.128. The summed E-state index contributed by atoms with van der Waals surface area (Å²) in [7, 11) is 1.43. The number of unbranched alkanes of at least 4 members (excludes halogenated alkanes) is 8. The van der Waals surface area contributed by atoms with Gasteiger partial charge < -0.3 is 4.74 Å². The number of methoxy groups -OCH3 is 1. The maximum atomic E-state index is 12.1. The molecule has 0 bridgehead atoms. The summed E-state index contributed by atoms with van der Waals surface area (Å²) >= 11 is 0. The van der Waals surface area contributed by atoms with Crippen LogP contribution in [0.5, 0.6) is 0 Å². The fourth-order valence-corrected chi connectivity index (χ4v) is 3.36. The summed E-state index contributed by atoms with van der Waals surface area (Å²) in [5.41, 5.74) is 0. The predicted octanol–water partition coefficient (Wildman–Crippen LogP) is 5.46. The second-order valence-corrected chi connectivity index (χ2v) is 7.12. The highest BCUT2D eigenvalue weighted by atomic mass is 16.5. The number of carbonyl (C=O) groups is 2. The van der Waals surface area contributed by atoms with E-state index in [9.17, 15) is 9.59 Å². The number of Topliss-reactive ketones (excluding diaryl/α,β-unsaturated/α-hetero) is 1. The molecule has 0 heterocycles. The summed E-state index contributed by atoms with van der Waals surface area (Å²) < 4.78 is 4.61. The maximum Gasteiger partial charge on any atom is 0.305 e. The van der Waals surface area contributed by atoms with E-state index in [0.717, 1.165) is 38.5 Å². The molecule has 0 radical (unpaired) electrons. The van der Waals surface area contributed by atoms with Crippen LogP contribution in [0.1, 0.15) is 96.8 Å². The highest BCUT2D eigenvalue weighted by Crippen LogP contribution is 2.44. The Bertz CT molecular complexity index is 338. The number of ketones is 1. The Labute approximate surface area is 142 Å². The van der Waals surface area contributed by atoms with Crippen molar-refractivity contribution < 1.29 is 14.3 Å². The highest BCUT2D eigenvalue weighted by Gasteiger charge is 2.40. The van der Waals surface area contributed by atoms with Crippen molar-refractivity contribution in [3.8, 4) is 0 Å². The van der Waals surface area contributed by atoms with Crippen molar-refractivity contribution in [1.29, 1.82) is 0 Å². The molecule has 1 aliphatic carbocycles. The Morgan fingerprint density at radius 1 is 0.870 bits per heavy atom. The largest absolute Gasteiger partial charge is 0.469 e. The normalized spacial score (nSPS) is 19.6. The number of hydrogen-bond donors (Lipinski definition) is 0. The van der Waals surface area contributed by atoms with E-state index in [4.69, 9.17) is 0 Å². The first-order valence-corrected chi connectivity index (χ1v) is 9.78. The molecule has 2 unspecified atom stereocenters. The van der Waals surface area contributed by atoms with Crippen LogP contribution in [0.3, 0.4) is 0 Å². The van der Waals surface area contributed by atoms with Crippen molar-refractivity contribution in [1.82, 2.24) is 0 Å². The fraction of sp³-hybridized carbons (Fsp3) is 0.900. The van der Waals surface area contributed by atoms with Crippen molar-refractivity contribution in [3.63, 3.8) is 0 Å². The van der Waals surface area contributed by atoms with Crippen LogP contribution in [0, 0.1) is 11.8 Å². The first-order valence-electron chi connectivity index (χ1n) is 9.78. The molecule has 0 spiro atoms. The van der Waals surface area contributed by atoms with E-state index in [1.807, 2.05) is 0 Å². The molecule has 0 aliphatic heterocycles. The Hall–Kier alpha value is -0.860. The molecule has 1 aliphatic rings. The molecule has 1 rings (SSSR count). The smallest absolute Gasteiger partial charge is 0.305 e. The molecular formula is C20H36O3. The van der Waals surface area contributed by atoms with Crippen molar-refractivity contribution in [3.05, 3.63) is 0 Å². The van der Waals surface area contributed by atoms with E-state index in [0.29, 0.717) is 24.0 Å². The van der Waals surface area contributed by atoms with Gasteiger partial charge in [0.05, 0.1) is 7.11 Å². The standard InChI is InChI=1S/C20H36O3/c1-3-4-5-6-7-10-13-17-16-18(17)19(21)14-11-8-9-12-15-20(22)23-2/h17-18H,3-16H2,1-2H3. The molecule has 0 saturated heterocycles. The van der Waals surface area contributed by atoms with Gasteiger partial charge in [0.15, 0.2) is 0 Å². The van der Waals surface area contributed by atoms with E-state index in [2.05, 4.69) is 11.7 Å². The molecule has 3 heteroatoms. The molecule has 2 atom stereocenters. The lowest BCUT2D eigenvalue weighted by atomic mass is 10.0. The molecule has 0 aromatic heterocycles. The summed E-state index contributed by atoms with van der Waals surface area (Å²) in [4.78, 5) is 23.1. The quantitative estimate of drug-likeness (QED) is 0.297. The summed E-state index contributed by atoms with van der Waals surface area (Å²) in [5.74, 6) is 1.46. The van der Waals surface area contributed by atoms with Gasteiger partial charge in [-0.15, -0.1) is 0 Å². The molecule has 0 amide bonds. The molecular weight excluding hydrogens is 288 g/mol. The van der Waals surface area contributed by atoms with Gasteiger partial charge in [-0.3, -0.25) is 9.59 Å². The van der Waals surface area contributed by atoms with Gasteiger partial charge in [0, 0.05) is 18.8 Å². The van der Waals surface area contributed by atoms with Crippen LogP contribution in [0.25, 0.3) is 0 Å². The van der Waals surface area contributed by atoms with Crippen LogP contribution in [0.2, 0.25) is 0 Å². The predicted molar refractivity (Wildman–Crippen MR) is 94.3 cm³/mol. The van der Waals surface area contributed by atoms with Gasteiger partial charge in [0.1, 0.15) is 5.78 Å². The molecule has 1 saturated carbocycles. The number of hydrogen-bond acceptors (Lipinski definition) is 3. The zero-order chi connectivity index (χ0) is 16.9. The monoisotopic (exact) mass is 324 g/mol. The van der Waals surface area contributed by atoms with Gasteiger partial charge >= 0.3 is 5.97 Å². The molecule has 0 aromatic carbocycles. The number of rotatable bonds is 15. The van der Waals surface area contributed by atoms with Crippen LogP contribution in [-0.4, -0.2) is 18.9 Å². The summed E-state index contributed by atoms with van der Waals surface area (Å²) in [6.45, 7) is 2.25. The van der Waals surface area contributed by atoms with Crippen LogP contribution in [0.4, 0.5) is 0 Å². The lowest BCUT2D eigenvalue weighted by molar-refractivity contribution is -0.140. The van der Waals surface area contributed by atoms with Gasteiger partial charge in [-0.25, -0.2) is 0 Å². The van der Waals surface area contributed by atoms with Gasteiger partial charge in [-0.05, 0) is 31.6 Å². The first-order chi connectivity index (χ1) is 11.2. The highest BCUT2D eigenvalue weighted by molar-refractivity contribution is 5.83. The van der Waals surface area contributed by atoms with Crippen LogP contribution < -0.4 is 0 Å². The van der Waals surface area contributed by atoms with E-state index in [-0.39, 0.29) is 5.97 Å². The van der Waals surface area contributed by atoms with Gasteiger partial charge in [-0.2, -0.15) is 0 Å². The minimum Gasteiger partial charge on any atom is -0.469 e. The van der Waals surface area contributed by atoms with Gasteiger partial charge in [0.25, 0.3) is 0 Å². The second kappa shape index (κ2) is 12.5. The summed E-state index contributed by atoms with van der Waals surface area (Å²) in [6, 6.07) is 0. The molecule has 3 nitrogen and oxygen atoms in total. The number of esters is 1. The lowest BCUT2D eigenvalue weighted by Crippen LogP contribution is -2.03. The zero-order valence-corrected chi connectivity index (χ0v) is 15.3. The molecule has 23 heavy (non-hydrogen) atoms. The van der Waals surface area contributed by atoms with E-state index in [1.165, 1.54) is 52.1 Å². The van der Waals surface area contributed by atoms with Crippen molar-refractivity contribution >= 4 is 11.8 Å². The Balaban J connectivity index is 1.90. The van der Waals surface area contributed by atoms with Crippen LogP contribution >= 0.6 is 0 Å². The van der Waals surface area contributed by atoms with E-state index >= 15 is 0 Å². The SMILES string of the molecule is CCCCCCCCC1CC1C(=O)CCCCCCC(=O)OC. The molecule has 0 N–H and O–H groups in total. The van der Waals surface area contributed by atoms with E-state index in [1.54, 1.807) is 0 Å². The topological polar surface area (TPSA) is 43.4 Å². The average Bonchev–Trinajstić information content (AvgIpc) is 3.33. The summed E-state index contributed by atoms with van der Waals surface area (Å²) in [6.07, 6.45) is 15.7. The van der Waals surface area contributed by atoms with Gasteiger partial charge in [0.2, 0.25) is 0 Å². The number of carbonyl (C=O) groups excluding carboxylic acids is 2. The van der Waals surface area contributed by atoms with Crippen LogP contribution in [-0.2, 0) is 14.3 Å². The van der Waals surface area contributed by atoms with Crippen molar-refractivity contribution in [2.45, 2.75) is 96.8 Å². The summed E-state index contributed by atoms with van der Waals surface area (Å²) in [5, 5.41) is 0. The Morgan fingerprint density at radius 2 is 1.48 bits per heavy atom. The fourth-order valence-electron chi connectivity index (χ4n) is 3.36. The Morgan fingerprint density at radius 3 is 2.17 bits per heavy atom. The second-order valence-electron chi connectivity index (χ2n) is 7.12. The van der Waals surface area contributed by atoms with Crippen molar-refractivity contribution in [2.24, 2.45) is 11.8 Å². The first kappa shape index (κ1) is 20.2. The van der Waals surface area contributed by atoms with E-state index < -0.39 is 0 Å².